The molecule has 0 aromatic heterocycles. The third-order valence-corrected chi connectivity index (χ3v) is 6.79. The van der Waals surface area contributed by atoms with Crippen molar-refractivity contribution in [3.05, 3.63) is 29.8 Å². The van der Waals surface area contributed by atoms with Crippen molar-refractivity contribution in [2.24, 2.45) is 11.7 Å². The van der Waals surface area contributed by atoms with Gasteiger partial charge in [-0.1, -0.05) is 26.0 Å². The highest BCUT2D eigenvalue weighted by Crippen LogP contribution is 2.13. The molecule has 0 aliphatic carbocycles. The monoisotopic (exact) mass is 707 g/mol. The molecule has 17 heteroatoms. The number of amides is 7. The zero-order valence-electron chi connectivity index (χ0n) is 29.5. The summed E-state index contributed by atoms with van der Waals surface area (Å²) in [5.74, 6) is -3.01. The topological polar surface area (TPSA) is 256 Å². The number of unbranched alkanes of at least 4 members (excludes halogenated alkanes) is 1. The first-order valence-corrected chi connectivity index (χ1v) is 16.6. The number of aliphatic carboxylic acids is 1. The fraction of sp³-hybridized carbons (Fsp3) is 0.606. The third kappa shape index (κ3) is 20.3. The first-order valence-electron chi connectivity index (χ1n) is 16.6. The number of carboxylic acid groups (broad SMARTS) is 1. The molecule has 0 saturated carbocycles. The summed E-state index contributed by atoms with van der Waals surface area (Å²) < 4.78 is 10.4. The smallest absolute Gasteiger partial charge is 0.407 e. The molecule has 7 amide bonds. The maximum atomic E-state index is 13.3. The van der Waals surface area contributed by atoms with Crippen LogP contribution in [0.1, 0.15) is 85.1 Å². The Kier molecular flexibility index (Phi) is 19.3. The Morgan fingerprint density at radius 1 is 0.780 bits per heavy atom. The first-order chi connectivity index (χ1) is 23.5. The maximum Gasteiger partial charge on any atom is 0.407 e. The van der Waals surface area contributed by atoms with Gasteiger partial charge in [-0.15, -0.1) is 0 Å². The number of carbonyl (C=O) groups is 7. The molecule has 17 nitrogen and oxygen atoms in total. The van der Waals surface area contributed by atoms with E-state index in [9.17, 15) is 33.6 Å². The average molecular weight is 708 g/mol. The second-order valence-electron chi connectivity index (χ2n) is 12.9. The number of urea groups is 1. The summed E-state index contributed by atoms with van der Waals surface area (Å²) in [6.07, 6.45) is 0.431. The maximum absolute atomic E-state index is 13.3. The van der Waals surface area contributed by atoms with E-state index in [0.29, 0.717) is 43.6 Å². The van der Waals surface area contributed by atoms with Crippen LogP contribution in [0, 0.1) is 5.92 Å². The predicted molar refractivity (Wildman–Crippen MR) is 184 cm³/mol. The molecule has 1 aromatic carbocycles. The van der Waals surface area contributed by atoms with E-state index in [1.54, 1.807) is 58.9 Å². The number of hydrogen-bond acceptors (Lipinski definition) is 9. The van der Waals surface area contributed by atoms with Crippen molar-refractivity contribution < 1.29 is 48.1 Å². The van der Waals surface area contributed by atoms with Crippen LogP contribution < -0.4 is 37.6 Å². The summed E-state index contributed by atoms with van der Waals surface area (Å²) in [5, 5.41) is 24.5. The average Bonchev–Trinajstić information content (AvgIpc) is 3.01. The number of carboxylic acids is 1. The van der Waals surface area contributed by atoms with Crippen LogP contribution in [0.25, 0.3) is 0 Å². The van der Waals surface area contributed by atoms with Gasteiger partial charge >= 0.3 is 24.2 Å². The van der Waals surface area contributed by atoms with E-state index >= 15 is 0 Å². The number of nitrogens with two attached hydrogens (primary N) is 1. The Bertz CT molecular complexity index is 1280. The standard InChI is InChI=1S/C33H53N7O10/c1-21(2)27(40-25(41)11-8-12-26(42)43)29(45)39-24(10-9-19-35-30(34)46)28(44)38-23-15-13-22(14-16-23)20-49-31(47)36-17-6-7-18-37-32(48)50-33(3,4)5/h13-16,21,24,27H,6-12,17-20H2,1-5H3,(H,36,47)(H,37,48)(H,38,44)(H,39,45)(H,40,41)(H,42,43)(H3,34,35,46)/t24-,27-/m0/s1. The Labute approximate surface area is 292 Å². The molecule has 0 heterocycles. The SMILES string of the molecule is CC(C)[C@H](NC(=O)CCCC(=O)O)C(=O)N[C@@H](CCCNC(N)=O)C(=O)Nc1ccc(COC(=O)NCCCCNC(=O)OC(C)(C)C)cc1. The number of alkyl carbamates (subject to hydrolysis) is 2. The fourth-order valence-electron chi connectivity index (χ4n) is 4.29. The van der Waals surface area contributed by atoms with Crippen molar-refractivity contribution in [2.45, 2.75) is 104 Å². The van der Waals surface area contributed by atoms with Gasteiger partial charge in [-0.2, -0.15) is 0 Å². The predicted octanol–water partition coefficient (Wildman–Crippen LogP) is 2.49. The molecule has 1 aromatic rings. The molecule has 0 aliphatic heterocycles. The van der Waals surface area contributed by atoms with Crippen molar-refractivity contribution in [1.82, 2.24) is 26.6 Å². The van der Waals surface area contributed by atoms with Crippen LogP contribution in [0.3, 0.4) is 0 Å². The minimum Gasteiger partial charge on any atom is -0.481 e. The second-order valence-corrected chi connectivity index (χ2v) is 12.9. The molecule has 0 fully saturated rings. The van der Waals surface area contributed by atoms with E-state index in [1.807, 2.05) is 0 Å². The lowest BCUT2D eigenvalue weighted by atomic mass is 10.0. The van der Waals surface area contributed by atoms with Crippen LogP contribution in [0.15, 0.2) is 24.3 Å². The normalized spacial score (nSPS) is 12.1. The summed E-state index contributed by atoms with van der Waals surface area (Å²) >= 11 is 0. The first kappa shape index (κ1) is 42.9. The number of hydrogen-bond donors (Lipinski definition) is 8. The van der Waals surface area contributed by atoms with Gasteiger partial charge in [-0.3, -0.25) is 19.2 Å². The van der Waals surface area contributed by atoms with E-state index in [-0.39, 0.29) is 44.8 Å². The quantitative estimate of drug-likeness (QED) is 0.0866. The number of ether oxygens (including phenoxy) is 2. The zero-order chi connectivity index (χ0) is 37.7. The molecule has 1 rings (SSSR count). The van der Waals surface area contributed by atoms with Gasteiger partial charge in [0.1, 0.15) is 24.3 Å². The van der Waals surface area contributed by atoms with Crippen LogP contribution in [0.5, 0.6) is 0 Å². The number of benzene rings is 1. The molecule has 2 atom stereocenters. The summed E-state index contributed by atoms with van der Waals surface area (Å²) in [6, 6.07) is 3.77. The van der Waals surface area contributed by atoms with Gasteiger partial charge in [0.15, 0.2) is 0 Å². The van der Waals surface area contributed by atoms with E-state index < -0.39 is 59.6 Å². The van der Waals surface area contributed by atoms with Crippen molar-refractivity contribution in [3.63, 3.8) is 0 Å². The van der Waals surface area contributed by atoms with E-state index in [4.69, 9.17) is 20.3 Å². The molecular weight excluding hydrogens is 654 g/mol. The molecule has 0 bridgehead atoms. The Balaban J connectivity index is 2.66. The van der Waals surface area contributed by atoms with Gasteiger partial charge in [0.25, 0.3) is 0 Å². The van der Waals surface area contributed by atoms with Gasteiger partial charge in [0.2, 0.25) is 17.7 Å². The molecule has 0 spiro atoms. The lowest BCUT2D eigenvalue weighted by Crippen LogP contribution is -2.54. The van der Waals surface area contributed by atoms with Crippen molar-refractivity contribution in [2.75, 3.05) is 25.0 Å². The van der Waals surface area contributed by atoms with Gasteiger partial charge in [-0.05, 0) is 76.5 Å². The molecule has 9 N–H and O–H groups in total. The van der Waals surface area contributed by atoms with Gasteiger partial charge in [-0.25, -0.2) is 14.4 Å². The second kappa shape index (κ2) is 22.5. The lowest BCUT2D eigenvalue weighted by molar-refractivity contribution is -0.137. The Hall–Kier alpha value is -5.09. The summed E-state index contributed by atoms with van der Waals surface area (Å²) in [6.45, 7) is 9.67. The fourth-order valence-corrected chi connectivity index (χ4v) is 4.29. The molecule has 280 valence electrons. The number of rotatable bonds is 21. The van der Waals surface area contributed by atoms with Gasteiger partial charge < -0.3 is 52.2 Å². The van der Waals surface area contributed by atoms with E-state index in [1.165, 1.54) is 0 Å². The minimum absolute atomic E-state index is 0.0234. The summed E-state index contributed by atoms with van der Waals surface area (Å²) in [7, 11) is 0. The van der Waals surface area contributed by atoms with Crippen LogP contribution in [-0.4, -0.2) is 84.3 Å². The van der Waals surface area contributed by atoms with Crippen LogP contribution in [-0.2, 0) is 35.3 Å². The molecular formula is C33H53N7O10. The highest BCUT2D eigenvalue weighted by atomic mass is 16.6. The molecule has 0 unspecified atom stereocenters. The Morgan fingerprint density at radius 3 is 1.94 bits per heavy atom. The number of nitrogens with one attached hydrogen (secondary N) is 6. The summed E-state index contributed by atoms with van der Waals surface area (Å²) in [4.78, 5) is 84.4. The molecule has 0 radical (unpaired) electrons. The van der Waals surface area contributed by atoms with E-state index in [2.05, 4.69) is 31.9 Å². The Morgan fingerprint density at radius 2 is 1.38 bits per heavy atom. The van der Waals surface area contributed by atoms with Crippen LogP contribution in [0.2, 0.25) is 0 Å². The highest BCUT2D eigenvalue weighted by molar-refractivity contribution is 5.98. The number of anilines is 1. The van der Waals surface area contributed by atoms with Gasteiger partial charge in [0.05, 0.1) is 0 Å². The largest absolute Gasteiger partial charge is 0.481 e. The molecule has 0 saturated heterocycles. The number of carbonyl (C=O) groups excluding carboxylic acids is 6. The van der Waals surface area contributed by atoms with Gasteiger partial charge in [0, 0.05) is 38.2 Å². The van der Waals surface area contributed by atoms with E-state index in [0.717, 1.165) is 0 Å². The molecule has 50 heavy (non-hydrogen) atoms. The van der Waals surface area contributed by atoms with Crippen molar-refractivity contribution >= 4 is 47.6 Å². The minimum atomic E-state index is -1.04. The third-order valence-electron chi connectivity index (χ3n) is 6.79. The number of primary amides is 1. The summed E-state index contributed by atoms with van der Waals surface area (Å²) in [5.41, 5.74) is 5.60. The molecule has 0 aliphatic rings. The highest BCUT2D eigenvalue weighted by Gasteiger charge is 2.29. The zero-order valence-corrected chi connectivity index (χ0v) is 29.5. The van der Waals surface area contributed by atoms with Crippen LogP contribution >= 0.6 is 0 Å². The van der Waals surface area contributed by atoms with Crippen molar-refractivity contribution in [3.8, 4) is 0 Å². The van der Waals surface area contributed by atoms with Crippen LogP contribution in [0.4, 0.5) is 20.1 Å². The lowest BCUT2D eigenvalue weighted by Gasteiger charge is -2.25. The van der Waals surface area contributed by atoms with Crippen molar-refractivity contribution in [1.29, 1.82) is 0 Å².